The van der Waals surface area contributed by atoms with Crippen LogP contribution in [0.4, 0.5) is 5.69 Å². The second kappa shape index (κ2) is 6.95. The summed E-state index contributed by atoms with van der Waals surface area (Å²) in [6.07, 6.45) is 2.59. The quantitative estimate of drug-likeness (QED) is 0.868. The zero-order valence-corrected chi connectivity index (χ0v) is 12.4. The Morgan fingerprint density at radius 2 is 2.25 bits per heavy atom. The fraction of sp³-hybridized carbons (Fsp3) is 0.625. The van der Waals surface area contributed by atoms with Crippen molar-refractivity contribution in [3.05, 3.63) is 23.8 Å². The van der Waals surface area contributed by atoms with Gasteiger partial charge in [0, 0.05) is 30.9 Å². The lowest BCUT2D eigenvalue weighted by atomic mass is 9.93. The highest BCUT2D eigenvalue weighted by Gasteiger charge is 2.24. The van der Waals surface area contributed by atoms with E-state index in [4.69, 9.17) is 9.84 Å². The zero-order valence-electron chi connectivity index (χ0n) is 12.4. The highest BCUT2D eigenvalue weighted by molar-refractivity contribution is 5.60. The van der Waals surface area contributed by atoms with Gasteiger partial charge in [-0.25, -0.2) is 0 Å². The number of piperidine rings is 1. The first kappa shape index (κ1) is 15.1. The van der Waals surface area contributed by atoms with Crippen molar-refractivity contribution in [2.24, 2.45) is 5.92 Å². The van der Waals surface area contributed by atoms with Gasteiger partial charge in [-0.1, -0.05) is 6.07 Å². The number of hydrogen-bond acceptors (Lipinski definition) is 4. The second-order valence-corrected chi connectivity index (χ2v) is 5.54. The van der Waals surface area contributed by atoms with Gasteiger partial charge >= 0.3 is 0 Å². The second-order valence-electron chi connectivity index (χ2n) is 5.54. The molecule has 4 nitrogen and oxygen atoms in total. The minimum absolute atomic E-state index is 0.250. The maximum absolute atomic E-state index is 10.1. The van der Waals surface area contributed by atoms with Gasteiger partial charge in [-0.3, -0.25) is 0 Å². The smallest absolute Gasteiger partial charge is 0.126 e. The lowest BCUT2D eigenvalue weighted by molar-refractivity contribution is 0.194. The SMILES string of the molecule is COc1cccc(N2CCCC(CCO)C2)c1[C@@H](C)O. The number of benzene rings is 1. The first-order chi connectivity index (χ1) is 9.67. The number of ether oxygens (including phenoxy) is 1. The van der Waals surface area contributed by atoms with E-state index in [2.05, 4.69) is 4.90 Å². The maximum Gasteiger partial charge on any atom is 0.126 e. The topological polar surface area (TPSA) is 52.9 Å². The van der Waals surface area contributed by atoms with Crippen LogP contribution < -0.4 is 9.64 Å². The Hall–Kier alpha value is -1.26. The van der Waals surface area contributed by atoms with Crippen LogP contribution in [-0.4, -0.2) is 37.0 Å². The molecule has 0 saturated carbocycles. The number of rotatable bonds is 5. The molecule has 2 atom stereocenters. The van der Waals surface area contributed by atoms with Crippen molar-refractivity contribution in [1.29, 1.82) is 0 Å². The van der Waals surface area contributed by atoms with E-state index in [1.165, 1.54) is 6.42 Å². The van der Waals surface area contributed by atoms with Gasteiger partial charge in [-0.05, 0) is 44.2 Å². The molecule has 1 heterocycles. The van der Waals surface area contributed by atoms with Crippen molar-refractivity contribution in [3.8, 4) is 5.75 Å². The van der Waals surface area contributed by atoms with Crippen LogP contribution in [0.25, 0.3) is 0 Å². The van der Waals surface area contributed by atoms with Crippen molar-refractivity contribution < 1.29 is 14.9 Å². The van der Waals surface area contributed by atoms with Crippen LogP contribution in [0.15, 0.2) is 18.2 Å². The van der Waals surface area contributed by atoms with Gasteiger partial charge in [0.1, 0.15) is 5.75 Å². The third kappa shape index (κ3) is 3.25. The van der Waals surface area contributed by atoms with Crippen LogP contribution in [0.5, 0.6) is 5.75 Å². The Bertz CT molecular complexity index is 432. The molecule has 0 radical (unpaired) electrons. The molecule has 0 aliphatic carbocycles. The van der Waals surface area contributed by atoms with E-state index in [-0.39, 0.29) is 6.61 Å². The van der Waals surface area contributed by atoms with Gasteiger partial charge < -0.3 is 19.8 Å². The molecule has 0 spiro atoms. The maximum atomic E-state index is 10.1. The summed E-state index contributed by atoms with van der Waals surface area (Å²) in [6, 6.07) is 5.91. The average molecular weight is 279 g/mol. The molecule has 0 amide bonds. The summed E-state index contributed by atoms with van der Waals surface area (Å²) in [7, 11) is 1.63. The summed E-state index contributed by atoms with van der Waals surface area (Å²) in [4.78, 5) is 2.31. The summed E-state index contributed by atoms with van der Waals surface area (Å²) in [5.74, 6) is 1.27. The molecule has 1 aromatic carbocycles. The molecular formula is C16H25NO3. The molecule has 112 valence electrons. The molecule has 2 N–H and O–H groups in total. The van der Waals surface area contributed by atoms with Gasteiger partial charge in [0.05, 0.1) is 13.2 Å². The first-order valence-electron chi connectivity index (χ1n) is 7.38. The molecule has 0 aromatic heterocycles. The number of nitrogens with zero attached hydrogens (tertiary/aromatic N) is 1. The first-order valence-corrected chi connectivity index (χ1v) is 7.38. The average Bonchev–Trinajstić information content (AvgIpc) is 2.47. The van der Waals surface area contributed by atoms with Crippen LogP contribution in [0.2, 0.25) is 0 Å². The number of aliphatic hydroxyl groups is 2. The van der Waals surface area contributed by atoms with Crippen LogP contribution in [0, 0.1) is 5.92 Å². The van der Waals surface area contributed by atoms with E-state index in [0.717, 1.165) is 42.9 Å². The van der Waals surface area contributed by atoms with Gasteiger partial charge in [-0.15, -0.1) is 0 Å². The Balaban J connectivity index is 2.27. The van der Waals surface area contributed by atoms with E-state index in [1.54, 1.807) is 14.0 Å². The Morgan fingerprint density at radius 3 is 2.90 bits per heavy atom. The van der Waals surface area contributed by atoms with Crippen molar-refractivity contribution in [2.75, 3.05) is 31.7 Å². The Labute approximate surface area is 121 Å². The number of anilines is 1. The van der Waals surface area contributed by atoms with E-state index in [9.17, 15) is 5.11 Å². The molecule has 1 aliphatic rings. The van der Waals surface area contributed by atoms with E-state index in [0.29, 0.717) is 5.92 Å². The van der Waals surface area contributed by atoms with Crippen molar-refractivity contribution in [1.82, 2.24) is 0 Å². The van der Waals surface area contributed by atoms with Gasteiger partial charge in [0.25, 0.3) is 0 Å². The monoisotopic (exact) mass is 279 g/mol. The lowest BCUT2D eigenvalue weighted by Gasteiger charge is -2.36. The minimum atomic E-state index is -0.556. The number of methoxy groups -OCH3 is 1. The van der Waals surface area contributed by atoms with E-state index in [1.807, 2.05) is 18.2 Å². The molecule has 0 bridgehead atoms. The minimum Gasteiger partial charge on any atom is -0.496 e. The standard InChI is InChI=1S/C16H25NO3/c1-12(19)16-14(6-3-7-15(16)20-2)17-9-4-5-13(11-17)8-10-18/h3,6-7,12-13,18-19H,4-5,8-11H2,1-2H3/t12-,13?/m1/s1. The van der Waals surface area contributed by atoms with E-state index < -0.39 is 6.10 Å². The molecule has 20 heavy (non-hydrogen) atoms. The Kier molecular flexibility index (Phi) is 5.26. The highest BCUT2D eigenvalue weighted by Crippen LogP contribution is 2.36. The largest absolute Gasteiger partial charge is 0.496 e. The summed E-state index contributed by atoms with van der Waals surface area (Å²) in [5, 5.41) is 19.2. The molecule has 1 fully saturated rings. The molecule has 1 aliphatic heterocycles. The number of aliphatic hydroxyl groups excluding tert-OH is 2. The van der Waals surface area contributed by atoms with Crippen molar-refractivity contribution in [3.63, 3.8) is 0 Å². The highest BCUT2D eigenvalue weighted by atomic mass is 16.5. The van der Waals surface area contributed by atoms with Gasteiger partial charge in [0.15, 0.2) is 0 Å². The van der Waals surface area contributed by atoms with Gasteiger partial charge in [0.2, 0.25) is 0 Å². The summed E-state index contributed by atoms with van der Waals surface area (Å²) in [6.45, 7) is 3.96. The molecule has 1 saturated heterocycles. The van der Waals surface area contributed by atoms with Crippen LogP contribution in [0.1, 0.15) is 37.9 Å². The third-order valence-electron chi connectivity index (χ3n) is 4.08. The molecule has 1 unspecified atom stereocenters. The number of hydrogen-bond donors (Lipinski definition) is 2. The third-order valence-corrected chi connectivity index (χ3v) is 4.08. The fourth-order valence-corrected chi connectivity index (χ4v) is 3.11. The van der Waals surface area contributed by atoms with Gasteiger partial charge in [-0.2, -0.15) is 0 Å². The molecule has 1 aromatic rings. The predicted octanol–water partition coefficient (Wildman–Crippen LogP) is 2.35. The van der Waals surface area contributed by atoms with Crippen LogP contribution in [-0.2, 0) is 0 Å². The zero-order chi connectivity index (χ0) is 14.5. The van der Waals surface area contributed by atoms with Crippen molar-refractivity contribution >= 4 is 5.69 Å². The summed E-state index contributed by atoms with van der Waals surface area (Å²) >= 11 is 0. The molecule has 4 heteroatoms. The fourth-order valence-electron chi connectivity index (χ4n) is 3.11. The summed E-state index contributed by atoms with van der Waals surface area (Å²) in [5.41, 5.74) is 1.92. The molecule has 2 rings (SSSR count). The predicted molar refractivity (Wildman–Crippen MR) is 80.3 cm³/mol. The molecular weight excluding hydrogens is 254 g/mol. The van der Waals surface area contributed by atoms with E-state index >= 15 is 0 Å². The normalized spacial score (nSPS) is 20.8. The Morgan fingerprint density at radius 1 is 1.45 bits per heavy atom. The van der Waals surface area contributed by atoms with Crippen LogP contribution >= 0.6 is 0 Å². The summed E-state index contributed by atoms with van der Waals surface area (Å²) < 4.78 is 5.39. The lowest BCUT2D eigenvalue weighted by Crippen LogP contribution is -2.36. The van der Waals surface area contributed by atoms with Crippen molar-refractivity contribution in [2.45, 2.75) is 32.3 Å². The van der Waals surface area contributed by atoms with Crippen LogP contribution in [0.3, 0.4) is 0 Å².